The molecule has 1 heterocycles. The molecule has 160 valence electrons. The third kappa shape index (κ3) is 5.65. The number of carboxylic acid groups (broad SMARTS) is 1. The van der Waals surface area contributed by atoms with Crippen molar-refractivity contribution >= 4 is 28.1 Å². The number of furan rings is 1. The van der Waals surface area contributed by atoms with Crippen molar-refractivity contribution in [3.8, 4) is 0 Å². The van der Waals surface area contributed by atoms with Crippen molar-refractivity contribution in [2.45, 2.75) is 11.4 Å². The van der Waals surface area contributed by atoms with Gasteiger partial charge in [0.2, 0.25) is 10.0 Å². The van der Waals surface area contributed by atoms with E-state index in [1.165, 1.54) is 36.7 Å². The number of amides is 1. The van der Waals surface area contributed by atoms with Crippen molar-refractivity contribution in [2.75, 3.05) is 6.54 Å². The molecule has 0 saturated heterocycles. The van der Waals surface area contributed by atoms with Gasteiger partial charge in [0.25, 0.3) is 5.91 Å². The van der Waals surface area contributed by atoms with Crippen LogP contribution in [0.25, 0.3) is 0 Å². The van der Waals surface area contributed by atoms with Crippen molar-refractivity contribution in [1.82, 2.24) is 9.73 Å². The van der Waals surface area contributed by atoms with E-state index < -0.39 is 28.4 Å². The predicted molar refractivity (Wildman–Crippen MR) is 112 cm³/mol. The lowest BCUT2D eigenvalue weighted by Gasteiger charge is -2.20. The van der Waals surface area contributed by atoms with Crippen LogP contribution in [0.2, 0.25) is 0 Å². The van der Waals surface area contributed by atoms with Crippen LogP contribution in [0.15, 0.2) is 87.4 Å². The molecular formula is C21H19N3O6S. The predicted octanol–water partition coefficient (Wildman–Crippen LogP) is 2.32. The minimum Gasteiger partial charge on any atom is -0.478 e. The van der Waals surface area contributed by atoms with E-state index >= 15 is 0 Å². The number of nitrogens with zero attached hydrogens (tertiary/aromatic N) is 2. The molecule has 9 nitrogen and oxygen atoms in total. The SMILES string of the molecule is O=C(CN(Cc1ccco1)S(=O)(=O)c1ccccc1)NN=Cc1ccccc1C(=O)O. The molecule has 0 saturated carbocycles. The second-order valence-corrected chi connectivity index (χ2v) is 8.29. The lowest BCUT2D eigenvalue weighted by Crippen LogP contribution is -2.39. The molecule has 0 aliphatic carbocycles. The van der Waals surface area contributed by atoms with Crippen LogP contribution in [0.5, 0.6) is 0 Å². The van der Waals surface area contributed by atoms with E-state index in [0.717, 1.165) is 4.31 Å². The largest absolute Gasteiger partial charge is 0.478 e. The zero-order chi connectivity index (χ0) is 22.3. The molecule has 0 bridgehead atoms. The van der Waals surface area contributed by atoms with Crippen molar-refractivity contribution in [2.24, 2.45) is 5.10 Å². The minimum absolute atomic E-state index is 0.0200. The summed E-state index contributed by atoms with van der Waals surface area (Å²) >= 11 is 0. The molecule has 3 aromatic rings. The van der Waals surface area contributed by atoms with Crippen molar-refractivity contribution < 1.29 is 27.5 Å². The van der Waals surface area contributed by atoms with Crippen molar-refractivity contribution in [3.05, 3.63) is 89.9 Å². The molecule has 0 radical (unpaired) electrons. The van der Waals surface area contributed by atoms with E-state index in [-0.39, 0.29) is 17.0 Å². The Labute approximate surface area is 178 Å². The van der Waals surface area contributed by atoms with Crippen LogP contribution in [0.3, 0.4) is 0 Å². The van der Waals surface area contributed by atoms with Crippen LogP contribution in [0.1, 0.15) is 21.7 Å². The number of carbonyl (C=O) groups is 2. The topological polar surface area (TPSA) is 129 Å². The van der Waals surface area contributed by atoms with Gasteiger partial charge in [0.05, 0.1) is 36.0 Å². The molecule has 0 unspecified atom stereocenters. The van der Waals surface area contributed by atoms with Gasteiger partial charge in [-0.15, -0.1) is 0 Å². The van der Waals surface area contributed by atoms with Crippen LogP contribution in [0.4, 0.5) is 0 Å². The Morgan fingerprint density at radius 1 is 1.03 bits per heavy atom. The van der Waals surface area contributed by atoms with Gasteiger partial charge in [-0.05, 0) is 30.3 Å². The molecule has 1 amide bonds. The highest BCUT2D eigenvalue weighted by Crippen LogP contribution is 2.18. The van der Waals surface area contributed by atoms with E-state index in [0.29, 0.717) is 11.3 Å². The highest BCUT2D eigenvalue weighted by molar-refractivity contribution is 7.89. The smallest absolute Gasteiger partial charge is 0.336 e. The summed E-state index contributed by atoms with van der Waals surface area (Å²) in [6, 6.07) is 17.1. The first-order valence-corrected chi connectivity index (χ1v) is 10.5. The van der Waals surface area contributed by atoms with Crippen molar-refractivity contribution in [3.63, 3.8) is 0 Å². The Bertz CT molecular complexity index is 1170. The third-order valence-corrected chi connectivity index (χ3v) is 6.00. The van der Waals surface area contributed by atoms with Crippen LogP contribution in [0, 0.1) is 0 Å². The maximum absolute atomic E-state index is 13.0. The van der Waals surface area contributed by atoms with E-state index in [2.05, 4.69) is 10.5 Å². The van der Waals surface area contributed by atoms with E-state index in [9.17, 15) is 23.1 Å². The number of hydrogen-bond acceptors (Lipinski definition) is 6. The number of rotatable bonds is 9. The second-order valence-electron chi connectivity index (χ2n) is 6.35. The first kappa shape index (κ1) is 21.9. The number of carboxylic acids is 1. The van der Waals surface area contributed by atoms with Crippen LogP contribution in [-0.4, -0.2) is 42.5 Å². The average Bonchev–Trinajstić information content (AvgIpc) is 3.27. The van der Waals surface area contributed by atoms with Gasteiger partial charge in [0, 0.05) is 5.56 Å². The molecule has 0 spiro atoms. The Hall–Kier alpha value is -3.76. The first-order chi connectivity index (χ1) is 14.9. The number of hydrazone groups is 1. The fourth-order valence-corrected chi connectivity index (χ4v) is 4.10. The Morgan fingerprint density at radius 3 is 2.42 bits per heavy atom. The molecule has 2 aromatic carbocycles. The Kier molecular flexibility index (Phi) is 6.96. The molecule has 2 N–H and O–H groups in total. The quantitative estimate of drug-likeness (QED) is 0.387. The highest BCUT2D eigenvalue weighted by atomic mass is 32.2. The normalized spacial score (nSPS) is 11.6. The van der Waals surface area contributed by atoms with E-state index in [1.807, 2.05) is 0 Å². The van der Waals surface area contributed by atoms with Gasteiger partial charge in [-0.2, -0.15) is 9.41 Å². The fourth-order valence-electron chi connectivity index (χ4n) is 2.72. The van der Waals surface area contributed by atoms with Gasteiger partial charge in [-0.25, -0.2) is 18.6 Å². The summed E-state index contributed by atoms with van der Waals surface area (Å²) < 4.78 is 32.2. The van der Waals surface area contributed by atoms with Crippen LogP contribution >= 0.6 is 0 Å². The minimum atomic E-state index is -3.98. The zero-order valence-electron chi connectivity index (χ0n) is 16.2. The zero-order valence-corrected chi connectivity index (χ0v) is 17.0. The highest BCUT2D eigenvalue weighted by Gasteiger charge is 2.27. The summed E-state index contributed by atoms with van der Waals surface area (Å²) in [4.78, 5) is 23.7. The van der Waals surface area contributed by atoms with Gasteiger partial charge in [0.15, 0.2) is 0 Å². The summed E-state index contributed by atoms with van der Waals surface area (Å²) in [6.45, 7) is -0.668. The third-order valence-electron chi connectivity index (χ3n) is 4.20. The van der Waals surface area contributed by atoms with Gasteiger partial charge >= 0.3 is 5.97 Å². The molecular weight excluding hydrogens is 422 g/mol. The maximum atomic E-state index is 13.0. The van der Waals surface area contributed by atoms with Crippen LogP contribution in [-0.2, 0) is 21.4 Å². The molecule has 0 aliphatic heterocycles. The van der Waals surface area contributed by atoms with Crippen molar-refractivity contribution in [1.29, 1.82) is 0 Å². The summed E-state index contributed by atoms with van der Waals surface area (Å²) in [6.07, 6.45) is 2.59. The lowest BCUT2D eigenvalue weighted by molar-refractivity contribution is -0.121. The molecule has 1 aromatic heterocycles. The number of sulfonamides is 1. The summed E-state index contributed by atoms with van der Waals surface area (Å²) in [5.74, 6) is -1.46. The maximum Gasteiger partial charge on any atom is 0.336 e. The Morgan fingerprint density at radius 2 is 1.74 bits per heavy atom. The van der Waals surface area contributed by atoms with Gasteiger partial charge in [-0.1, -0.05) is 36.4 Å². The number of carbonyl (C=O) groups excluding carboxylic acids is 1. The molecule has 0 aliphatic rings. The standard InChI is InChI=1S/C21H19N3O6S/c25-20(23-22-13-16-7-4-5-11-19(16)21(26)27)15-24(14-17-8-6-12-30-17)31(28,29)18-9-2-1-3-10-18/h1-13H,14-15H2,(H,23,25)(H,26,27). The lowest BCUT2D eigenvalue weighted by atomic mass is 10.1. The number of benzene rings is 2. The number of hydrogen-bond donors (Lipinski definition) is 2. The van der Waals surface area contributed by atoms with Gasteiger partial charge in [0.1, 0.15) is 5.76 Å². The summed E-state index contributed by atoms with van der Waals surface area (Å²) in [7, 11) is -3.98. The van der Waals surface area contributed by atoms with Gasteiger partial charge < -0.3 is 9.52 Å². The van der Waals surface area contributed by atoms with E-state index in [4.69, 9.17) is 4.42 Å². The molecule has 3 rings (SSSR count). The van der Waals surface area contributed by atoms with Gasteiger partial charge in [-0.3, -0.25) is 4.79 Å². The monoisotopic (exact) mass is 441 g/mol. The average molecular weight is 441 g/mol. The molecule has 0 fully saturated rings. The summed E-state index contributed by atoms with van der Waals surface area (Å²) in [5.41, 5.74) is 2.54. The number of aromatic carboxylic acids is 1. The Balaban J connectivity index is 1.75. The number of nitrogens with one attached hydrogen (secondary N) is 1. The fraction of sp³-hybridized carbons (Fsp3) is 0.0952. The summed E-state index contributed by atoms with van der Waals surface area (Å²) in [5, 5.41) is 12.9. The van der Waals surface area contributed by atoms with Crippen LogP contribution < -0.4 is 5.43 Å². The molecule has 10 heteroatoms. The molecule has 31 heavy (non-hydrogen) atoms. The van der Waals surface area contributed by atoms with E-state index in [1.54, 1.807) is 42.5 Å². The molecule has 0 atom stereocenters. The first-order valence-electron chi connectivity index (χ1n) is 9.10. The second kappa shape index (κ2) is 9.83.